The van der Waals surface area contributed by atoms with E-state index >= 15 is 0 Å². The lowest BCUT2D eigenvalue weighted by Crippen LogP contribution is -2.38. The molecule has 8 N–H and O–H groups in total. The molecule has 24 heavy (non-hydrogen) atoms. The molecule has 1 aliphatic heterocycles. The van der Waals surface area contributed by atoms with Crippen LogP contribution in [0.15, 0.2) is 9.98 Å². The topological polar surface area (TPSA) is 175 Å². The van der Waals surface area contributed by atoms with Crippen LogP contribution in [0.5, 0.6) is 0 Å². The lowest BCUT2D eigenvalue weighted by molar-refractivity contribution is -0.139. The van der Waals surface area contributed by atoms with Gasteiger partial charge in [0.05, 0.1) is 0 Å². The first-order chi connectivity index (χ1) is 11.4. The molecular weight excluding hydrogens is 316 g/mol. The molecule has 136 valence electrons. The Hall–Kier alpha value is -2.20. The molecular formula is C14H26N6O4. The maximum Gasteiger partial charge on any atom is 0.320 e. The van der Waals surface area contributed by atoms with Crippen LogP contribution in [-0.4, -0.2) is 65.7 Å². The summed E-state index contributed by atoms with van der Waals surface area (Å²) >= 11 is 0. The number of hydrogen-bond acceptors (Lipinski definition) is 7. The van der Waals surface area contributed by atoms with E-state index in [1.807, 2.05) is 0 Å². The summed E-state index contributed by atoms with van der Waals surface area (Å²) in [6.07, 6.45) is 2.94. The van der Waals surface area contributed by atoms with Gasteiger partial charge in [-0.1, -0.05) is 0 Å². The maximum atomic E-state index is 10.6. The van der Waals surface area contributed by atoms with Crippen LogP contribution < -0.4 is 22.1 Å². The SMILES string of the molecule is NC(CCCCN=C1CN=C(NCCCC(N)C(=O)O)N1)C(=O)O. The molecule has 0 spiro atoms. The third-order valence-corrected chi connectivity index (χ3v) is 3.49. The number of carboxylic acids is 2. The minimum atomic E-state index is -0.995. The number of aliphatic carboxylic acids is 2. The number of nitrogens with zero attached hydrogens (tertiary/aromatic N) is 2. The third-order valence-electron chi connectivity index (χ3n) is 3.49. The van der Waals surface area contributed by atoms with Crippen molar-refractivity contribution in [3.05, 3.63) is 0 Å². The van der Waals surface area contributed by atoms with Crippen LogP contribution in [0.2, 0.25) is 0 Å². The number of aliphatic imine (C=N–C) groups is 2. The highest BCUT2D eigenvalue weighted by Crippen LogP contribution is 2.00. The first-order valence-corrected chi connectivity index (χ1v) is 7.95. The number of guanidine groups is 1. The van der Waals surface area contributed by atoms with Crippen LogP contribution in [0.1, 0.15) is 32.1 Å². The fourth-order valence-electron chi connectivity index (χ4n) is 2.03. The van der Waals surface area contributed by atoms with Gasteiger partial charge in [0, 0.05) is 13.1 Å². The van der Waals surface area contributed by atoms with E-state index in [4.69, 9.17) is 21.7 Å². The molecule has 0 aromatic rings. The van der Waals surface area contributed by atoms with Gasteiger partial charge in [-0.05, 0) is 32.1 Å². The summed E-state index contributed by atoms with van der Waals surface area (Å²) in [6, 6.07) is -1.65. The Morgan fingerprint density at radius 3 is 2.42 bits per heavy atom. The Kier molecular flexibility index (Phi) is 8.72. The molecule has 2 unspecified atom stereocenters. The van der Waals surface area contributed by atoms with Crippen LogP contribution in [-0.2, 0) is 9.59 Å². The first kappa shape index (κ1) is 19.8. The number of nitrogens with one attached hydrogen (secondary N) is 2. The number of hydrogen-bond donors (Lipinski definition) is 6. The van der Waals surface area contributed by atoms with Crippen molar-refractivity contribution >= 4 is 23.7 Å². The maximum absolute atomic E-state index is 10.6. The highest BCUT2D eigenvalue weighted by atomic mass is 16.4. The summed E-state index contributed by atoms with van der Waals surface area (Å²) in [5, 5.41) is 23.4. The van der Waals surface area contributed by atoms with Crippen molar-refractivity contribution in [2.24, 2.45) is 21.5 Å². The second kappa shape index (κ2) is 10.6. The van der Waals surface area contributed by atoms with Gasteiger partial charge in [0.25, 0.3) is 0 Å². The normalized spacial score (nSPS) is 17.9. The lowest BCUT2D eigenvalue weighted by Gasteiger charge is -2.08. The fourth-order valence-corrected chi connectivity index (χ4v) is 2.03. The second-order valence-electron chi connectivity index (χ2n) is 5.57. The summed E-state index contributed by atoms with van der Waals surface area (Å²) < 4.78 is 0. The molecule has 10 nitrogen and oxygen atoms in total. The minimum absolute atomic E-state index is 0.398. The summed E-state index contributed by atoms with van der Waals surface area (Å²) in [5.74, 6) is -0.606. The lowest BCUT2D eigenvalue weighted by atomic mass is 10.1. The van der Waals surface area contributed by atoms with E-state index in [1.54, 1.807) is 0 Å². The van der Waals surface area contributed by atoms with E-state index in [-0.39, 0.29) is 0 Å². The highest BCUT2D eigenvalue weighted by molar-refractivity contribution is 6.05. The number of rotatable bonds is 11. The number of nitrogens with two attached hydrogens (primary N) is 2. The number of amidine groups is 1. The Morgan fingerprint density at radius 2 is 1.79 bits per heavy atom. The molecule has 0 aromatic carbocycles. The van der Waals surface area contributed by atoms with Gasteiger partial charge in [-0.15, -0.1) is 0 Å². The molecule has 0 saturated carbocycles. The molecule has 0 bridgehead atoms. The summed E-state index contributed by atoms with van der Waals surface area (Å²) in [5.41, 5.74) is 10.8. The summed E-state index contributed by atoms with van der Waals surface area (Å²) in [7, 11) is 0. The molecule has 0 saturated heterocycles. The number of unbranched alkanes of at least 4 members (excludes halogenated alkanes) is 1. The van der Waals surface area contributed by atoms with Gasteiger partial charge in [0.2, 0.25) is 0 Å². The Balaban J connectivity index is 2.10. The van der Waals surface area contributed by atoms with Gasteiger partial charge in [-0.3, -0.25) is 14.6 Å². The standard InChI is InChI=1S/C14H26N6O4/c15-9(12(21)22)4-1-2-6-17-11-8-19-14(20-11)18-7-3-5-10(16)13(23)24/h9-10H,1-8,15-16H2,(H,21,22)(H,23,24)(H2,17,18,19,20). The molecule has 0 aromatic heterocycles. The quantitative estimate of drug-likeness (QED) is 0.251. The molecule has 0 amide bonds. The average Bonchev–Trinajstić information content (AvgIpc) is 2.98. The largest absolute Gasteiger partial charge is 0.480 e. The molecule has 1 aliphatic rings. The van der Waals surface area contributed by atoms with Crippen molar-refractivity contribution in [3.63, 3.8) is 0 Å². The van der Waals surface area contributed by atoms with Crippen molar-refractivity contribution in [1.82, 2.24) is 10.6 Å². The van der Waals surface area contributed by atoms with E-state index in [1.165, 1.54) is 0 Å². The Labute approximate surface area is 140 Å². The van der Waals surface area contributed by atoms with Crippen LogP contribution in [0, 0.1) is 0 Å². The van der Waals surface area contributed by atoms with E-state index in [0.717, 1.165) is 12.3 Å². The zero-order valence-electron chi connectivity index (χ0n) is 13.6. The van der Waals surface area contributed by atoms with Gasteiger partial charge in [-0.25, -0.2) is 4.99 Å². The molecule has 1 heterocycles. The zero-order chi connectivity index (χ0) is 17.9. The van der Waals surface area contributed by atoms with Crippen molar-refractivity contribution in [1.29, 1.82) is 0 Å². The van der Waals surface area contributed by atoms with Crippen molar-refractivity contribution < 1.29 is 19.8 Å². The zero-order valence-corrected chi connectivity index (χ0v) is 13.6. The average molecular weight is 342 g/mol. The number of carboxylic acid groups (broad SMARTS) is 2. The van der Waals surface area contributed by atoms with Crippen LogP contribution in [0.25, 0.3) is 0 Å². The molecule has 0 radical (unpaired) electrons. The van der Waals surface area contributed by atoms with E-state index in [2.05, 4.69) is 20.6 Å². The van der Waals surface area contributed by atoms with Gasteiger partial charge in [-0.2, -0.15) is 0 Å². The van der Waals surface area contributed by atoms with Gasteiger partial charge in [0.1, 0.15) is 24.5 Å². The van der Waals surface area contributed by atoms with E-state index < -0.39 is 24.0 Å². The van der Waals surface area contributed by atoms with Crippen LogP contribution in [0.4, 0.5) is 0 Å². The van der Waals surface area contributed by atoms with E-state index in [0.29, 0.717) is 51.3 Å². The molecule has 2 atom stereocenters. The summed E-state index contributed by atoms with van der Waals surface area (Å²) in [6.45, 7) is 1.63. The van der Waals surface area contributed by atoms with Crippen molar-refractivity contribution in [2.75, 3.05) is 19.6 Å². The Bertz CT molecular complexity index is 494. The van der Waals surface area contributed by atoms with Gasteiger partial charge < -0.3 is 32.3 Å². The molecule has 10 heteroatoms. The predicted molar refractivity (Wildman–Crippen MR) is 90.0 cm³/mol. The predicted octanol–water partition coefficient (Wildman–Crippen LogP) is -1.29. The van der Waals surface area contributed by atoms with Crippen LogP contribution in [0.3, 0.4) is 0 Å². The smallest absolute Gasteiger partial charge is 0.320 e. The Morgan fingerprint density at radius 1 is 1.17 bits per heavy atom. The monoisotopic (exact) mass is 342 g/mol. The fraction of sp³-hybridized carbons (Fsp3) is 0.714. The van der Waals surface area contributed by atoms with E-state index in [9.17, 15) is 9.59 Å². The number of carbonyl (C=O) groups is 2. The highest BCUT2D eigenvalue weighted by Gasteiger charge is 2.13. The minimum Gasteiger partial charge on any atom is -0.480 e. The molecule has 0 aliphatic carbocycles. The molecule has 1 rings (SSSR count). The summed E-state index contributed by atoms with van der Waals surface area (Å²) in [4.78, 5) is 29.7. The third kappa shape index (κ3) is 7.88. The first-order valence-electron chi connectivity index (χ1n) is 7.95. The van der Waals surface area contributed by atoms with Gasteiger partial charge in [0.15, 0.2) is 5.96 Å². The van der Waals surface area contributed by atoms with Crippen LogP contribution >= 0.6 is 0 Å². The van der Waals surface area contributed by atoms with Crippen molar-refractivity contribution in [2.45, 2.75) is 44.2 Å². The van der Waals surface area contributed by atoms with Gasteiger partial charge >= 0.3 is 11.9 Å². The second-order valence-corrected chi connectivity index (χ2v) is 5.57. The molecule has 0 fully saturated rings. The van der Waals surface area contributed by atoms with Crippen molar-refractivity contribution in [3.8, 4) is 0 Å².